The zero-order valence-corrected chi connectivity index (χ0v) is 8.84. The van der Waals surface area contributed by atoms with Crippen molar-refractivity contribution in [2.24, 2.45) is 5.84 Å². The van der Waals surface area contributed by atoms with E-state index in [1.165, 1.54) is 11.1 Å². The van der Waals surface area contributed by atoms with Gasteiger partial charge in [-0.3, -0.25) is 11.3 Å². The van der Waals surface area contributed by atoms with Crippen molar-refractivity contribution in [3.63, 3.8) is 0 Å². The molecule has 0 spiro atoms. The van der Waals surface area contributed by atoms with Crippen molar-refractivity contribution in [2.45, 2.75) is 20.3 Å². The molecule has 1 rings (SSSR count). The number of nitrogens with two attached hydrogens (primary N) is 1. The Morgan fingerprint density at radius 3 is 2.79 bits per heavy atom. The Morgan fingerprint density at radius 1 is 1.36 bits per heavy atom. The quantitative estimate of drug-likeness (QED) is 0.424. The third-order valence-corrected chi connectivity index (χ3v) is 2.05. The van der Waals surface area contributed by atoms with Gasteiger partial charge in [0.2, 0.25) is 0 Å². The summed E-state index contributed by atoms with van der Waals surface area (Å²) in [5, 5.41) is 0. The van der Waals surface area contributed by atoms with E-state index in [2.05, 4.69) is 31.4 Å². The Bertz CT molecular complexity index is 287. The Labute approximate surface area is 85.2 Å². The summed E-state index contributed by atoms with van der Waals surface area (Å²) in [5.74, 6) is 6.12. The molecule has 0 heterocycles. The van der Waals surface area contributed by atoms with Gasteiger partial charge in [0, 0.05) is 6.54 Å². The van der Waals surface area contributed by atoms with E-state index in [1.54, 1.807) is 0 Å². The van der Waals surface area contributed by atoms with Crippen LogP contribution in [0.2, 0.25) is 0 Å². The number of benzene rings is 1. The summed E-state index contributed by atoms with van der Waals surface area (Å²) < 4.78 is 5.60. The van der Waals surface area contributed by atoms with Gasteiger partial charge in [0.25, 0.3) is 0 Å². The average molecular weight is 194 g/mol. The molecular formula is C11H18N2O. The molecule has 78 valence electrons. The van der Waals surface area contributed by atoms with Crippen LogP contribution in [0.5, 0.6) is 5.75 Å². The third-order valence-electron chi connectivity index (χ3n) is 2.05. The summed E-state index contributed by atoms with van der Waals surface area (Å²) in [5.41, 5.74) is 5.05. The third kappa shape index (κ3) is 3.36. The fraction of sp³-hybridized carbons (Fsp3) is 0.455. The first-order chi connectivity index (χ1) is 6.74. The van der Waals surface area contributed by atoms with Crippen LogP contribution in [-0.4, -0.2) is 13.2 Å². The molecule has 3 heteroatoms. The highest BCUT2D eigenvalue weighted by Gasteiger charge is 1.98. The molecule has 0 radical (unpaired) electrons. The first kappa shape index (κ1) is 11.0. The highest BCUT2D eigenvalue weighted by molar-refractivity contribution is 5.35. The molecule has 0 amide bonds. The van der Waals surface area contributed by atoms with Crippen molar-refractivity contribution in [3.05, 3.63) is 29.3 Å². The molecule has 1 aromatic rings. The second-order valence-corrected chi connectivity index (χ2v) is 3.43. The fourth-order valence-corrected chi connectivity index (χ4v) is 1.32. The highest BCUT2D eigenvalue weighted by Crippen LogP contribution is 2.18. The highest BCUT2D eigenvalue weighted by atomic mass is 16.5. The standard InChI is InChI=1S/C11H18N2O/c1-9-4-5-11(10(2)8-9)14-7-3-6-13-12/h4-5,8,13H,3,6-7,12H2,1-2H3. The number of hydrogen-bond acceptors (Lipinski definition) is 3. The molecule has 0 bridgehead atoms. The Kier molecular flexibility index (Phi) is 4.43. The summed E-state index contributed by atoms with van der Waals surface area (Å²) >= 11 is 0. The number of hydrogen-bond donors (Lipinski definition) is 2. The van der Waals surface area contributed by atoms with Gasteiger partial charge >= 0.3 is 0 Å². The normalized spacial score (nSPS) is 10.2. The van der Waals surface area contributed by atoms with Crippen molar-refractivity contribution in [3.8, 4) is 5.75 Å². The van der Waals surface area contributed by atoms with Gasteiger partial charge < -0.3 is 4.74 Å². The van der Waals surface area contributed by atoms with Crippen molar-refractivity contribution in [1.29, 1.82) is 0 Å². The molecular weight excluding hydrogens is 176 g/mol. The molecule has 0 aliphatic carbocycles. The molecule has 1 aromatic carbocycles. The largest absolute Gasteiger partial charge is 0.493 e. The maximum absolute atomic E-state index is 5.60. The number of aryl methyl sites for hydroxylation is 2. The van der Waals surface area contributed by atoms with Crippen LogP contribution in [-0.2, 0) is 0 Å². The first-order valence-electron chi connectivity index (χ1n) is 4.87. The smallest absolute Gasteiger partial charge is 0.122 e. The summed E-state index contributed by atoms with van der Waals surface area (Å²) in [6.45, 7) is 5.62. The van der Waals surface area contributed by atoms with Crippen LogP contribution < -0.4 is 16.0 Å². The van der Waals surface area contributed by atoms with Crippen LogP contribution in [0.1, 0.15) is 17.5 Å². The molecule has 0 saturated heterocycles. The molecule has 0 aromatic heterocycles. The van der Waals surface area contributed by atoms with E-state index in [1.807, 2.05) is 6.07 Å². The topological polar surface area (TPSA) is 47.3 Å². The molecule has 14 heavy (non-hydrogen) atoms. The van der Waals surface area contributed by atoms with Gasteiger partial charge in [-0.15, -0.1) is 0 Å². The average Bonchev–Trinajstić information content (AvgIpc) is 2.15. The van der Waals surface area contributed by atoms with Crippen LogP contribution >= 0.6 is 0 Å². The lowest BCUT2D eigenvalue weighted by molar-refractivity contribution is 0.306. The van der Waals surface area contributed by atoms with Gasteiger partial charge in [-0.25, -0.2) is 0 Å². The van der Waals surface area contributed by atoms with Crippen molar-refractivity contribution >= 4 is 0 Å². The Balaban J connectivity index is 2.42. The van der Waals surface area contributed by atoms with Gasteiger partial charge in [-0.1, -0.05) is 17.7 Å². The predicted octanol–water partition coefficient (Wildman–Crippen LogP) is 1.54. The van der Waals surface area contributed by atoms with Crippen LogP contribution in [0.15, 0.2) is 18.2 Å². The predicted molar refractivity (Wildman–Crippen MR) is 58.2 cm³/mol. The number of ether oxygens (including phenoxy) is 1. The number of hydrazine groups is 1. The zero-order valence-electron chi connectivity index (χ0n) is 8.84. The van der Waals surface area contributed by atoms with Gasteiger partial charge in [-0.05, 0) is 31.9 Å². The van der Waals surface area contributed by atoms with Crippen molar-refractivity contribution in [2.75, 3.05) is 13.2 Å². The molecule has 3 N–H and O–H groups in total. The summed E-state index contributed by atoms with van der Waals surface area (Å²) in [6, 6.07) is 6.20. The van der Waals surface area contributed by atoms with Crippen molar-refractivity contribution < 1.29 is 4.74 Å². The summed E-state index contributed by atoms with van der Waals surface area (Å²) in [4.78, 5) is 0. The maximum Gasteiger partial charge on any atom is 0.122 e. The van der Waals surface area contributed by atoms with Crippen LogP contribution in [0, 0.1) is 13.8 Å². The lowest BCUT2D eigenvalue weighted by Gasteiger charge is -2.09. The Hall–Kier alpha value is -1.06. The SMILES string of the molecule is Cc1ccc(OCCCNN)c(C)c1. The summed E-state index contributed by atoms with van der Waals surface area (Å²) in [7, 11) is 0. The van der Waals surface area contributed by atoms with E-state index in [0.717, 1.165) is 18.7 Å². The molecule has 0 aliphatic heterocycles. The molecule has 0 aliphatic rings. The van der Waals surface area contributed by atoms with E-state index in [0.29, 0.717) is 6.61 Å². The second-order valence-electron chi connectivity index (χ2n) is 3.43. The molecule has 0 saturated carbocycles. The van der Waals surface area contributed by atoms with E-state index in [9.17, 15) is 0 Å². The Morgan fingerprint density at radius 2 is 2.14 bits per heavy atom. The van der Waals surface area contributed by atoms with E-state index >= 15 is 0 Å². The molecule has 0 unspecified atom stereocenters. The minimum absolute atomic E-state index is 0.702. The van der Waals surface area contributed by atoms with Crippen LogP contribution in [0.3, 0.4) is 0 Å². The van der Waals surface area contributed by atoms with E-state index in [-0.39, 0.29) is 0 Å². The van der Waals surface area contributed by atoms with Gasteiger partial charge in [0.05, 0.1) is 6.61 Å². The van der Waals surface area contributed by atoms with Gasteiger partial charge in [0.1, 0.15) is 5.75 Å². The fourth-order valence-electron chi connectivity index (χ4n) is 1.32. The maximum atomic E-state index is 5.60. The number of nitrogens with one attached hydrogen (secondary N) is 1. The minimum Gasteiger partial charge on any atom is -0.493 e. The van der Waals surface area contributed by atoms with Crippen LogP contribution in [0.4, 0.5) is 0 Å². The zero-order chi connectivity index (χ0) is 10.4. The molecule has 0 fully saturated rings. The second kappa shape index (κ2) is 5.62. The molecule has 3 nitrogen and oxygen atoms in total. The van der Waals surface area contributed by atoms with Crippen molar-refractivity contribution in [1.82, 2.24) is 5.43 Å². The first-order valence-corrected chi connectivity index (χ1v) is 4.87. The number of rotatable bonds is 5. The lowest BCUT2D eigenvalue weighted by Crippen LogP contribution is -2.24. The van der Waals surface area contributed by atoms with E-state index in [4.69, 9.17) is 10.6 Å². The van der Waals surface area contributed by atoms with E-state index < -0.39 is 0 Å². The monoisotopic (exact) mass is 194 g/mol. The van der Waals surface area contributed by atoms with Crippen LogP contribution in [0.25, 0.3) is 0 Å². The minimum atomic E-state index is 0.702. The van der Waals surface area contributed by atoms with Gasteiger partial charge in [-0.2, -0.15) is 0 Å². The summed E-state index contributed by atoms with van der Waals surface area (Å²) in [6.07, 6.45) is 0.920. The molecule has 0 atom stereocenters. The van der Waals surface area contributed by atoms with Gasteiger partial charge in [0.15, 0.2) is 0 Å². The lowest BCUT2D eigenvalue weighted by atomic mass is 10.1.